The van der Waals surface area contributed by atoms with Crippen LogP contribution in [0.3, 0.4) is 0 Å². The van der Waals surface area contributed by atoms with Crippen LogP contribution in [0.4, 0.5) is 15.2 Å². The van der Waals surface area contributed by atoms with E-state index < -0.39 is 5.82 Å². The number of hydrogen-bond acceptors (Lipinski definition) is 3. The van der Waals surface area contributed by atoms with Gasteiger partial charge in [0.2, 0.25) is 0 Å². The molecule has 1 aromatic heterocycles. The molecule has 0 fully saturated rings. The molecular weight excluding hydrogens is 401 g/mol. The Kier molecular flexibility index (Phi) is 6.12. The minimum Gasteiger partial charge on any atom is -1.00 e. The first-order chi connectivity index (χ1) is 10.5. The van der Waals surface area contributed by atoms with Crippen molar-refractivity contribution in [1.29, 1.82) is 0 Å². The summed E-state index contributed by atoms with van der Waals surface area (Å²) in [5.74, 6) is -0.458. The van der Waals surface area contributed by atoms with Gasteiger partial charge in [0.15, 0.2) is 5.13 Å². The van der Waals surface area contributed by atoms with Gasteiger partial charge in [-0.05, 0) is 36.4 Å². The molecule has 120 valence electrons. The van der Waals surface area contributed by atoms with Crippen molar-refractivity contribution in [2.75, 3.05) is 5.32 Å². The molecule has 0 unspecified atom stereocenters. The van der Waals surface area contributed by atoms with Crippen molar-refractivity contribution in [2.24, 2.45) is 0 Å². The van der Waals surface area contributed by atoms with Crippen molar-refractivity contribution < 1.29 is 16.8 Å². The monoisotopic (exact) mass is 407 g/mol. The minimum absolute atomic E-state index is 0. The van der Waals surface area contributed by atoms with Crippen molar-refractivity contribution in [1.82, 2.24) is 4.98 Å². The summed E-state index contributed by atoms with van der Waals surface area (Å²) in [4.78, 5) is 4.46. The second-order valence-electron chi connectivity index (χ2n) is 4.42. The molecule has 0 saturated carbocycles. The van der Waals surface area contributed by atoms with E-state index in [9.17, 15) is 4.39 Å². The van der Waals surface area contributed by atoms with E-state index in [1.54, 1.807) is 18.2 Å². The zero-order valence-electron chi connectivity index (χ0n) is 11.3. The van der Waals surface area contributed by atoms with Gasteiger partial charge in [-0.25, -0.2) is 9.37 Å². The van der Waals surface area contributed by atoms with Crippen molar-refractivity contribution in [3.05, 3.63) is 62.7 Å². The van der Waals surface area contributed by atoms with Crippen LogP contribution in [0.5, 0.6) is 0 Å². The predicted octanol–water partition coefficient (Wildman–Crippen LogP) is 3.66. The minimum atomic E-state index is -0.458. The topological polar surface area (TPSA) is 24.9 Å². The lowest BCUT2D eigenvalue weighted by atomic mass is 10.2. The van der Waals surface area contributed by atoms with Gasteiger partial charge in [-0.3, -0.25) is 0 Å². The maximum atomic E-state index is 13.1. The standard InChI is InChI=1S/C15H8Cl3FN2S.ClH/c16-8-1-3-10(11(17)5-8)14-7-22-15(21-14)20-9-2-4-13(19)12(18)6-9;/h1-7H,(H,20,21);1H/p-1. The Hall–Kier alpha value is -1.04. The zero-order chi connectivity index (χ0) is 15.7. The third kappa shape index (κ3) is 4.28. The van der Waals surface area contributed by atoms with Crippen LogP contribution in [0, 0.1) is 5.82 Å². The molecular formula is C15H8Cl4FN2S-. The molecule has 0 spiro atoms. The Bertz CT molecular complexity index is 838. The van der Waals surface area contributed by atoms with Gasteiger partial charge in [0.05, 0.1) is 15.7 Å². The molecule has 0 atom stereocenters. The second kappa shape index (κ2) is 7.69. The van der Waals surface area contributed by atoms with Gasteiger partial charge >= 0.3 is 0 Å². The number of thiazole rings is 1. The summed E-state index contributed by atoms with van der Waals surface area (Å²) < 4.78 is 13.1. The van der Waals surface area contributed by atoms with E-state index in [0.717, 1.165) is 11.3 Å². The predicted molar refractivity (Wildman–Crippen MR) is 92.3 cm³/mol. The fourth-order valence-corrected chi connectivity index (χ4v) is 3.27. The first kappa shape index (κ1) is 18.3. The van der Waals surface area contributed by atoms with Crippen LogP contribution in [0.25, 0.3) is 11.3 Å². The lowest BCUT2D eigenvalue weighted by molar-refractivity contribution is -0.00000461. The molecule has 1 heterocycles. The zero-order valence-corrected chi connectivity index (χ0v) is 15.1. The lowest BCUT2D eigenvalue weighted by Crippen LogP contribution is -3.00. The van der Waals surface area contributed by atoms with E-state index in [4.69, 9.17) is 34.8 Å². The summed E-state index contributed by atoms with van der Waals surface area (Å²) in [7, 11) is 0. The maximum Gasteiger partial charge on any atom is 0.187 e. The highest BCUT2D eigenvalue weighted by Gasteiger charge is 2.09. The molecule has 3 aromatic rings. The van der Waals surface area contributed by atoms with Crippen LogP contribution >= 0.6 is 46.1 Å². The molecule has 2 aromatic carbocycles. The molecule has 0 saturated heterocycles. The number of benzene rings is 2. The fraction of sp³-hybridized carbons (Fsp3) is 0. The van der Waals surface area contributed by atoms with Gasteiger partial charge < -0.3 is 17.7 Å². The van der Waals surface area contributed by atoms with Crippen LogP contribution in [0.2, 0.25) is 15.1 Å². The smallest absolute Gasteiger partial charge is 0.187 e. The quantitative estimate of drug-likeness (QED) is 0.715. The summed E-state index contributed by atoms with van der Waals surface area (Å²) in [6.45, 7) is 0. The summed E-state index contributed by atoms with van der Waals surface area (Å²) in [6, 6.07) is 9.65. The van der Waals surface area contributed by atoms with E-state index >= 15 is 0 Å². The van der Waals surface area contributed by atoms with E-state index in [-0.39, 0.29) is 17.4 Å². The Labute approximate surface area is 157 Å². The SMILES string of the molecule is Fc1ccc(Nc2nc(-c3ccc(Cl)cc3Cl)cs2)cc1Cl.[Cl-]. The Morgan fingerprint density at radius 1 is 1.00 bits per heavy atom. The highest BCUT2D eigenvalue weighted by atomic mass is 35.5. The highest BCUT2D eigenvalue weighted by Crippen LogP contribution is 2.33. The number of nitrogens with one attached hydrogen (secondary N) is 1. The molecule has 8 heteroatoms. The van der Waals surface area contributed by atoms with E-state index in [1.807, 2.05) is 11.4 Å². The number of rotatable bonds is 3. The number of aromatic nitrogens is 1. The Balaban J connectivity index is 0.00000192. The normalized spacial score (nSPS) is 10.3. The Morgan fingerprint density at radius 3 is 2.48 bits per heavy atom. The second-order valence-corrected chi connectivity index (χ2v) is 6.52. The third-order valence-corrected chi connectivity index (χ3v) is 4.48. The van der Waals surface area contributed by atoms with Crippen LogP contribution in [0.15, 0.2) is 41.8 Å². The largest absolute Gasteiger partial charge is 1.00 e. The molecule has 0 bridgehead atoms. The van der Waals surface area contributed by atoms with Crippen molar-refractivity contribution in [3.63, 3.8) is 0 Å². The Morgan fingerprint density at radius 2 is 1.78 bits per heavy atom. The third-order valence-electron chi connectivity index (χ3n) is 2.88. The summed E-state index contributed by atoms with van der Waals surface area (Å²) in [5, 5.41) is 6.78. The van der Waals surface area contributed by atoms with Crippen LogP contribution < -0.4 is 17.7 Å². The van der Waals surface area contributed by atoms with Crippen molar-refractivity contribution >= 4 is 57.0 Å². The number of hydrogen-bond donors (Lipinski definition) is 1. The van der Waals surface area contributed by atoms with E-state index in [1.165, 1.54) is 23.5 Å². The molecule has 1 N–H and O–H groups in total. The number of anilines is 2. The van der Waals surface area contributed by atoms with Gasteiger partial charge in [-0.15, -0.1) is 11.3 Å². The molecule has 0 aliphatic carbocycles. The first-order valence-electron chi connectivity index (χ1n) is 6.16. The molecule has 0 radical (unpaired) electrons. The first-order valence-corrected chi connectivity index (χ1v) is 8.17. The highest BCUT2D eigenvalue weighted by molar-refractivity contribution is 7.14. The fourth-order valence-electron chi connectivity index (χ4n) is 1.85. The average Bonchev–Trinajstić information content (AvgIpc) is 2.91. The van der Waals surface area contributed by atoms with Gasteiger partial charge in [0.1, 0.15) is 5.82 Å². The van der Waals surface area contributed by atoms with Crippen LogP contribution in [-0.2, 0) is 0 Å². The summed E-state index contributed by atoms with van der Waals surface area (Å²) >= 11 is 19.2. The number of halogens is 5. The van der Waals surface area contributed by atoms with Crippen molar-refractivity contribution in [3.8, 4) is 11.3 Å². The molecule has 2 nitrogen and oxygen atoms in total. The van der Waals surface area contributed by atoms with Crippen molar-refractivity contribution in [2.45, 2.75) is 0 Å². The molecule has 0 aliphatic rings. The number of nitrogens with zero attached hydrogens (tertiary/aromatic N) is 1. The van der Waals surface area contributed by atoms with E-state index in [2.05, 4.69) is 10.3 Å². The molecule has 0 amide bonds. The van der Waals surface area contributed by atoms with Gasteiger partial charge in [0.25, 0.3) is 0 Å². The average molecular weight is 409 g/mol. The summed E-state index contributed by atoms with van der Waals surface area (Å²) in [5.41, 5.74) is 2.20. The van der Waals surface area contributed by atoms with Crippen LogP contribution in [-0.4, -0.2) is 4.98 Å². The summed E-state index contributed by atoms with van der Waals surface area (Å²) in [6.07, 6.45) is 0. The maximum absolute atomic E-state index is 13.1. The molecule has 0 aliphatic heterocycles. The van der Waals surface area contributed by atoms with E-state index in [0.29, 0.717) is 20.9 Å². The van der Waals surface area contributed by atoms with Gasteiger partial charge in [-0.1, -0.05) is 34.8 Å². The molecule has 23 heavy (non-hydrogen) atoms. The van der Waals surface area contributed by atoms with Gasteiger partial charge in [0, 0.05) is 21.7 Å². The van der Waals surface area contributed by atoms with Gasteiger partial charge in [-0.2, -0.15) is 0 Å². The van der Waals surface area contributed by atoms with Crippen LogP contribution in [0.1, 0.15) is 0 Å². The molecule has 3 rings (SSSR count). The lowest BCUT2D eigenvalue weighted by Gasteiger charge is -2.04.